The van der Waals surface area contributed by atoms with E-state index in [-0.39, 0.29) is 23.8 Å². The van der Waals surface area contributed by atoms with E-state index in [1.807, 2.05) is 24.3 Å². The summed E-state index contributed by atoms with van der Waals surface area (Å²) in [6.07, 6.45) is 1.29. The molecule has 0 N–H and O–H groups in total. The lowest BCUT2D eigenvalue weighted by atomic mass is 9.76. The van der Waals surface area contributed by atoms with Crippen molar-refractivity contribution in [3.63, 3.8) is 0 Å². The Morgan fingerprint density at radius 2 is 1.67 bits per heavy atom. The first-order chi connectivity index (χ1) is 14.3. The van der Waals surface area contributed by atoms with Gasteiger partial charge in [0.25, 0.3) is 0 Å². The van der Waals surface area contributed by atoms with Gasteiger partial charge in [-0.25, -0.2) is 4.79 Å². The Hall–Kier alpha value is -2.63. The van der Waals surface area contributed by atoms with E-state index in [0.29, 0.717) is 12.0 Å². The van der Waals surface area contributed by atoms with E-state index in [9.17, 15) is 4.79 Å². The molecule has 30 heavy (non-hydrogen) atoms. The molecule has 0 amide bonds. The lowest BCUT2D eigenvalue weighted by molar-refractivity contribution is -0.123. The van der Waals surface area contributed by atoms with E-state index < -0.39 is 0 Å². The molecule has 0 saturated carbocycles. The Bertz CT molecular complexity index is 910. The lowest BCUT2D eigenvalue weighted by Gasteiger charge is -2.38. The van der Waals surface area contributed by atoms with Crippen molar-refractivity contribution in [2.75, 3.05) is 21.3 Å². The van der Waals surface area contributed by atoms with Gasteiger partial charge in [-0.3, -0.25) is 0 Å². The summed E-state index contributed by atoms with van der Waals surface area (Å²) in [5, 5.41) is 0. The third-order valence-electron chi connectivity index (χ3n) is 5.72. The van der Waals surface area contributed by atoms with Gasteiger partial charge in [0.15, 0.2) is 6.29 Å². The van der Waals surface area contributed by atoms with E-state index in [1.54, 1.807) is 26.4 Å². The Kier molecular flexibility index (Phi) is 6.64. The molecule has 0 radical (unpaired) electrons. The van der Waals surface area contributed by atoms with Crippen LogP contribution >= 0.6 is 0 Å². The fourth-order valence-electron chi connectivity index (χ4n) is 3.98. The molecular weight excluding hydrogens is 380 g/mol. The predicted octanol–water partition coefficient (Wildman–Crippen LogP) is 4.97. The summed E-state index contributed by atoms with van der Waals surface area (Å²) in [4.78, 5) is 11.7. The zero-order valence-corrected chi connectivity index (χ0v) is 18.4. The topological polar surface area (TPSA) is 54.0 Å². The number of hydrogen-bond donors (Lipinski definition) is 0. The van der Waals surface area contributed by atoms with Gasteiger partial charge >= 0.3 is 5.97 Å². The Morgan fingerprint density at radius 3 is 2.27 bits per heavy atom. The molecule has 3 rings (SSSR count). The van der Waals surface area contributed by atoms with E-state index in [1.165, 1.54) is 7.11 Å². The van der Waals surface area contributed by atoms with Crippen molar-refractivity contribution in [3.05, 3.63) is 71.3 Å². The summed E-state index contributed by atoms with van der Waals surface area (Å²) in [6.45, 7) is 8.73. The highest BCUT2D eigenvalue weighted by Crippen LogP contribution is 2.43. The molecule has 5 heteroatoms. The highest BCUT2D eigenvalue weighted by atomic mass is 16.7. The number of fused-ring (bicyclic) bond motifs is 1. The van der Waals surface area contributed by atoms with Crippen LogP contribution in [0.1, 0.15) is 53.7 Å². The van der Waals surface area contributed by atoms with Crippen molar-refractivity contribution in [3.8, 4) is 5.75 Å². The number of rotatable bonds is 7. The maximum Gasteiger partial charge on any atom is 0.337 e. The highest BCUT2D eigenvalue weighted by Gasteiger charge is 2.35. The van der Waals surface area contributed by atoms with Gasteiger partial charge in [0.2, 0.25) is 0 Å². The molecule has 1 unspecified atom stereocenters. The molecule has 2 aromatic carbocycles. The first-order valence-electron chi connectivity index (χ1n) is 10.0. The molecule has 1 aliphatic rings. The van der Waals surface area contributed by atoms with Gasteiger partial charge in [0.1, 0.15) is 11.9 Å². The van der Waals surface area contributed by atoms with Crippen LogP contribution in [0.25, 0.3) is 5.57 Å². The van der Waals surface area contributed by atoms with Crippen LogP contribution < -0.4 is 4.74 Å². The molecule has 0 fully saturated rings. The number of hydrogen-bond acceptors (Lipinski definition) is 5. The van der Waals surface area contributed by atoms with Crippen LogP contribution in [-0.2, 0) is 19.6 Å². The summed E-state index contributed by atoms with van der Waals surface area (Å²) in [6, 6.07) is 13.5. The van der Waals surface area contributed by atoms with Crippen molar-refractivity contribution in [2.45, 2.75) is 44.5 Å². The van der Waals surface area contributed by atoms with Gasteiger partial charge in [-0.2, -0.15) is 0 Å². The minimum atomic E-state index is -0.349. The molecule has 5 nitrogen and oxygen atoms in total. The van der Waals surface area contributed by atoms with Crippen molar-refractivity contribution in [2.24, 2.45) is 0 Å². The molecule has 1 atom stereocenters. The first-order valence-corrected chi connectivity index (χ1v) is 10.0. The maximum atomic E-state index is 11.7. The zero-order chi connectivity index (χ0) is 21.9. The lowest BCUT2D eigenvalue weighted by Crippen LogP contribution is -2.37. The number of carbonyl (C=O) groups is 1. The normalized spacial score (nSPS) is 17.2. The second-order valence-electron chi connectivity index (χ2n) is 8.22. The van der Waals surface area contributed by atoms with Gasteiger partial charge in [-0.15, -0.1) is 0 Å². The van der Waals surface area contributed by atoms with Crippen molar-refractivity contribution < 1.29 is 23.7 Å². The van der Waals surface area contributed by atoms with Gasteiger partial charge in [-0.05, 0) is 52.8 Å². The third kappa shape index (κ3) is 4.58. The summed E-state index contributed by atoms with van der Waals surface area (Å²) in [5.74, 6) is 0.540. The van der Waals surface area contributed by atoms with Crippen LogP contribution in [0.3, 0.4) is 0 Å². The number of methoxy groups -OCH3 is 3. The molecule has 0 spiro atoms. The standard InChI is InChI=1S/C25H30O5/c1-16(17-7-9-18(10-8-17)24(26)29-6)19-11-12-22-21(13-19)25(2,3)15-20(30-22)14-23(27-4)28-5/h7-13,20,23H,1,14-15H2,2-6H3. The van der Waals surface area contributed by atoms with Crippen LogP contribution in [0, 0.1) is 0 Å². The van der Waals surface area contributed by atoms with Crippen LogP contribution in [0.15, 0.2) is 49.0 Å². The number of benzene rings is 2. The van der Waals surface area contributed by atoms with Gasteiger partial charge in [0.05, 0.1) is 12.7 Å². The molecular formula is C25H30O5. The molecule has 0 bridgehead atoms. The molecule has 2 aromatic rings. The van der Waals surface area contributed by atoms with Crippen LogP contribution in [0.5, 0.6) is 5.75 Å². The molecule has 0 aromatic heterocycles. The summed E-state index contributed by atoms with van der Waals surface area (Å²) in [5.41, 5.74) is 4.50. The summed E-state index contributed by atoms with van der Waals surface area (Å²) >= 11 is 0. The van der Waals surface area contributed by atoms with Crippen LogP contribution in [-0.4, -0.2) is 39.7 Å². The fourth-order valence-corrected chi connectivity index (χ4v) is 3.98. The third-order valence-corrected chi connectivity index (χ3v) is 5.72. The monoisotopic (exact) mass is 410 g/mol. The largest absolute Gasteiger partial charge is 0.490 e. The molecule has 1 aliphatic heterocycles. The summed E-state index contributed by atoms with van der Waals surface area (Å²) in [7, 11) is 4.67. The predicted molar refractivity (Wildman–Crippen MR) is 117 cm³/mol. The van der Waals surface area contributed by atoms with Crippen LogP contribution in [0.2, 0.25) is 0 Å². The minimum absolute atomic E-state index is 0.0253. The zero-order valence-electron chi connectivity index (χ0n) is 18.4. The molecule has 160 valence electrons. The highest BCUT2D eigenvalue weighted by molar-refractivity contribution is 5.90. The van der Waals surface area contributed by atoms with Gasteiger partial charge in [-0.1, -0.05) is 38.6 Å². The SMILES string of the molecule is C=C(c1ccc(C(=O)OC)cc1)c1ccc2c(c1)C(C)(C)CC(CC(OC)OC)O2. The first kappa shape index (κ1) is 22.1. The Morgan fingerprint density at radius 1 is 1.07 bits per heavy atom. The second kappa shape index (κ2) is 9.02. The van der Waals surface area contributed by atoms with Crippen molar-refractivity contribution in [1.29, 1.82) is 0 Å². The number of esters is 1. The van der Waals surface area contributed by atoms with E-state index in [4.69, 9.17) is 18.9 Å². The minimum Gasteiger partial charge on any atom is -0.490 e. The average Bonchev–Trinajstić information content (AvgIpc) is 2.76. The van der Waals surface area contributed by atoms with Gasteiger partial charge < -0.3 is 18.9 Å². The Balaban J connectivity index is 1.83. The number of ether oxygens (including phenoxy) is 4. The van der Waals surface area contributed by atoms with E-state index in [2.05, 4.69) is 26.5 Å². The van der Waals surface area contributed by atoms with E-state index in [0.717, 1.165) is 34.4 Å². The Labute approximate surface area is 178 Å². The molecule has 0 saturated heterocycles. The quantitative estimate of drug-likeness (QED) is 0.476. The van der Waals surface area contributed by atoms with Crippen LogP contribution in [0.4, 0.5) is 0 Å². The maximum absolute atomic E-state index is 11.7. The average molecular weight is 411 g/mol. The molecule has 0 aliphatic carbocycles. The van der Waals surface area contributed by atoms with Gasteiger partial charge in [0, 0.05) is 26.2 Å². The second-order valence-corrected chi connectivity index (χ2v) is 8.22. The number of carbonyl (C=O) groups excluding carboxylic acids is 1. The molecule has 1 heterocycles. The summed E-state index contributed by atoms with van der Waals surface area (Å²) < 4.78 is 21.7. The van der Waals surface area contributed by atoms with Crippen molar-refractivity contribution in [1.82, 2.24) is 0 Å². The smallest absolute Gasteiger partial charge is 0.337 e. The van der Waals surface area contributed by atoms with Crippen molar-refractivity contribution >= 4 is 11.5 Å². The fraction of sp³-hybridized carbons (Fsp3) is 0.400. The van der Waals surface area contributed by atoms with E-state index >= 15 is 0 Å².